The minimum atomic E-state index is 1.02. The van der Waals surface area contributed by atoms with Gasteiger partial charge in [0.25, 0.3) is 0 Å². The van der Waals surface area contributed by atoms with Crippen LogP contribution >= 0.6 is 11.6 Å². The van der Waals surface area contributed by atoms with Crippen LogP contribution in [0.25, 0.3) is 5.57 Å². The van der Waals surface area contributed by atoms with Crippen molar-refractivity contribution >= 4 is 17.2 Å². The van der Waals surface area contributed by atoms with E-state index < -0.39 is 0 Å². The smallest absolute Gasteiger partial charge is 0.0124 e. The lowest BCUT2D eigenvalue weighted by molar-refractivity contribution is 1.26. The van der Waals surface area contributed by atoms with Gasteiger partial charge in [-0.3, -0.25) is 0 Å². The summed E-state index contributed by atoms with van der Waals surface area (Å²) in [6.45, 7) is 2.06. The molecule has 1 aromatic rings. The third kappa shape index (κ3) is 1.31. The molecule has 0 unspecified atom stereocenters. The van der Waals surface area contributed by atoms with E-state index in [1.807, 2.05) is 0 Å². The summed E-state index contributed by atoms with van der Waals surface area (Å²) in [5.74, 6) is 0. The molecular formula is C12H11Cl. The first-order chi connectivity index (χ1) is 6.36. The van der Waals surface area contributed by atoms with Gasteiger partial charge in [0.15, 0.2) is 0 Å². The molecule has 1 aromatic carbocycles. The maximum absolute atomic E-state index is 5.81. The third-order valence-corrected chi connectivity index (χ3v) is 2.71. The molecule has 1 heteroatoms. The molecule has 1 aliphatic rings. The van der Waals surface area contributed by atoms with Gasteiger partial charge in [0, 0.05) is 5.54 Å². The summed E-state index contributed by atoms with van der Waals surface area (Å²) in [7, 11) is 0. The van der Waals surface area contributed by atoms with Crippen LogP contribution in [0.3, 0.4) is 0 Å². The van der Waals surface area contributed by atoms with Crippen LogP contribution in [-0.4, -0.2) is 0 Å². The molecule has 1 aliphatic carbocycles. The van der Waals surface area contributed by atoms with Gasteiger partial charge in [0.05, 0.1) is 0 Å². The van der Waals surface area contributed by atoms with Crippen molar-refractivity contribution in [2.45, 2.75) is 13.3 Å². The first-order valence-electron chi connectivity index (χ1n) is 4.41. The minimum absolute atomic E-state index is 1.02. The van der Waals surface area contributed by atoms with Crippen molar-refractivity contribution in [1.82, 2.24) is 0 Å². The highest BCUT2D eigenvalue weighted by molar-refractivity contribution is 6.29. The maximum Gasteiger partial charge on any atom is 0.0124 e. The summed E-state index contributed by atoms with van der Waals surface area (Å²) < 4.78 is 0. The summed E-state index contributed by atoms with van der Waals surface area (Å²) in [6, 6.07) is 8.41. The van der Waals surface area contributed by atoms with E-state index >= 15 is 0 Å². The predicted octanol–water partition coefficient (Wildman–Crippen LogP) is 3.77. The Labute approximate surface area is 83.5 Å². The van der Waals surface area contributed by atoms with Gasteiger partial charge >= 0.3 is 0 Å². The molecule has 0 fully saturated rings. The van der Waals surface area contributed by atoms with Gasteiger partial charge in [0.2, 0.25) is 0 Å². The zero-order valence-corrected chi connectivity index (χ0v) is 8.31. The minimum Gasteiger partial charge on any atom is -0.0923 e. The molecule has 0 bridgehead atoms. The number of allylic oxidation sites excluding steroid dienone is 3. The molecule has 13 heavy (non-hydrogen) atoms. The third-order valence-electron chi connectivity index (χ3n) is 2.49. The van der Waals surface area contributed by atoms with E-state index in [0.29, 0.717) is 0 Å². The number of halogens is 1. The lowest BCUT2D eigenvalue weighted by Gasteiger charge is -1.98. The van der Waals surface area contributed by atoms with Crippen LogP contribution < -0.4 is 0 Å². The van der Waals surface area contributed by atoms with Crippen LogP contribution in [-0.2, 0) is 6.42 Å². The highest BCUT2D eigenvalue weighted by Crippen LogP contribution is 2.36. The molecule has 0 N–H and O–H groups in total. The fourth-order valence-electron chi connectivity index (χ4n) is 1.80. The second-order valence-corrected chi connectivity index (χ2v) is 3.39. The van der Waals surface area contributed by atoms with Crippen molar-refractivity contribution < 1.29 is 0 Å². The van der Waals surface area contributed by atoms with Crippen LogP contribution in [0.4, 0.5) is 0 Å². The van der Waals surface area contributed by atoms with Crippen LogP contribution in [0.2, 0.25) is 0 Å². The number of fused-ring (bicyclic) bond motifs is 1. The Morgan fingerprint density at radius 1 is 1.31 bits per heavy atom. The highest BCUT2D eigenvalue weighted by Gasteiger charge is 2.18. The van der Waals surface area contributed by atoms with E-state index in [4.69, 9.17) is 11.6 Å². The molecule has 0 aliphatic heterocycles. The van der Waals surface area contributed by atoms with E-state index in [0.717, 1.165) is 6.42 Å². The topological polar surface area (TPSA) is 0 Å². The molecule has 0 amide bonds. The fraction of sp³-hybridized carbons (Fsp3) is 0.167. The Balaban J connectivity index is 2.59. The average Bonchev–Trinajstić information content (AvgIpc) is 2.55. The van der Waals surface area contributed by atoms with E-state index in [1.165, 1.54) is 22.3 Å². The fourth-order valence-corrected chi connectivity index (χ4v) is 2.05. The maximum atomic E-state index is 5.81. The second-order valence-electron chi connectivity index (χ2n) is 3.17. The van der Waals surface area contributed by atoms with Gasteiger partial charge in [0.1, 0.15) is 0 Å². The summed E-state index contributed by atoms with van der Waals surface area (Å²) in [5, 5.41) is 0. The first kappa shape index (κ1) is 8.58. The number of hydrogen-bond donors (Lipinski definition) is 0. The average molecular weight is 191 g/mol. The van der Waals surface area contributed by atoms with Crippen molar-refractivity contribution in [3.8, 4) is 0 Å². The van der Waals surface area contributed by atoms with E-state index in [-0.39, 0.29) is 0 Å². The van der Waals surface area contributed by atoms with E-state index in [2.05, 4.69) is 37.3 Å². The molecule has 0 radical (unpaired) electrons. The van der Waals surface area contributed by atoms with Crippen LogP contribution in [0, 0.1) is 0 Å². The van der Waals surface area contributed by atoms with Gasteiger partial charge in [-0.1, -0.05) is 41.9 Å². The predicted molar refractivity (Wildman–Crippen MR) is 57.7 cm³/mol. The Morgan fingerprint density at radius 2 is 2.08 bits per heavy atom. The highest BCUT2D eigenvalue weighted by atomic mass is 35.5. The van der Waals surface area contributed by atoms with Crippen molar-refractivity contribution in [2.24, 2.45) is 0 Å². The zero-order chi connectivity index (χ0) is 9.26. The molecule has 2 rings (SSSR count). The number of benzene rings is 1. The molecule has 0 aromatic heterocycles. The Morgan fingerprint density at radius 3 is 2.77 bits per heavy atom. The lowest BCUT2D eigenvalue weighted by Crippen LogP contribution is -1.77. The lowest BCUT2D eigenvalue weighted by atomic mass is 10.1. The van der Waals surface area contributed by atoms with Crippen LogP contribution in [0.5, 0.6) is 0 Å². The monoisotopic (exact) mass is 190 g/mol. The summed E-state index contributed by atoms with van der Waals surface area (Å²) in [5.41, 5.74) is 6.85. The molecule has 0 saturated heterocycles. The SMILES string of the molecule is C/C=C1/Cc2ccccc2/C1=C/Cl. The molecular weight excluding hydrogens is 180 g/mol. The summed E-state index contributed by atoms with van der Waals surface area (Å²) in [6.07, 6.45) is 3.15. The molecule has 0 heterocycles. The van der Waals surface area contributed by atoms with Crippen molar-refractivity contribution in [3.05, 3.63) is 52.6 Å². The van der Waals surface area contributed by atoms with Gasteiger partial charge in [-0.05, 0) is 35.6 Å². The zero-order valence-electron chi connectivity index (χ0n) is 7.55. The quantitative estimate of drug-likeness (QED) is 0.584. The molecule has 0 spiro atoms. The largest absolute Gasteiger partial charge is 0.0923 e. The summed E-state index contributed by atoms with van der Waals surface area (Å²) in [4.78, 5) is 0. The van der Waals surface area contributed by atoms with E-state index in [1.54, 1.807) is 5.54 Å². The summed E-state index contributed by atoms with van der Waals surface area (Å²) >= 11 is 5.81. The molecule has 0 saturated carbocycles. The molecule has 0 atom stereocenters. The van der Waals surface area contributed by atoms with Gasteiger partial charge < -0.3 is 0 Å². The molecule has 66 valence electrons. The van der Waals surface area contributed by atoms with E-state index in [9.17, 15) is 0 Å². The van der Waals surface area contributed by atoms with Gasteiger partial charge in [-0.2, -0.15) is 0 Å². The Kier molecular flexibility index (Phi) is 2.24. The van der Waals surface area contributed by atoms with Crippen molar-refractivity contribution in [3.63, 3.8) is 0 Å². The molecule has 0 nitrogen and oxygen atoms in total. The Bertz CT molecular complexity index is 386. The normalized spacial score (nSPS) is 21.1. The second kappa shape index (κ2) is 3.39. The van der Waals surface area contributed by atoms with Crippen molar-refractivity contribution in [2.75, 3.05) is 0 Å². The first-order valence-corrected chi connectivity index (χ1v) is 4.84. The number of rotatable bonds is 0. The van der Waals surface area contributed by atoms with Crippen LogP contribution in [0.1, 0.15) is 18.1 Å². The van der Waals surface area contributed by atoms with Gasteiger partial charge in [-0.25, -0.2) is 0 Å². The standard InChI is InChI=1S/C12H11Cl/c1-2-9-7-10-5-3-4-6-11(10)12(9)8-13/h2-6,8H,7H2,1H3/b9-2-,12-8+. The Hall–Kier alpha value is -1.01. The van der Waals surface area contributed by atoms with Gasteiger partial charge in [-0.15, -0.1) is 0 Å². The number of hydrogen-bond acceptors (Lipinski definition) is 0. The van der Waals surface area contributed by atoms with Crippen molar-refractivity contribution in [1.29, 1.82) is 0 Å². The van der Waals surface area contributed by atoms with Crippen LogP contribution in [0.15, 0.2) is 41.4 Å².